The number of hydrogen-bond acceptors (Lipinski definition) is 4. The summed E-state index contributed by atoms with van der Waals surface area (Å²) in [6.07, 6.45) is -0.135. The molecule has 1 aromatic heterocycles. The average Bonchev–Trinajstić information content (AvgIpc) is 2.43. The first kappa shape index (κ1) is 10.5. The van der Waals surface area contributed by atoms with E-state index >= 15 is 0 Å². The van der Waals surface area contributed by atoms with Gasteiger partial charge in [-0.25, -0.2) is 4.79 Å². The maximum absolute atomic E-state index is 11.1. The highest BCUT2D eigenvalue weighted by molar-refractivity contribution is 5.66. The third kappa shape index (κ3) is 2.45. The Labute approximate surface area is 80.2 Å². The second-order valence-corrected chi connectivity index (χ2v) is 3.23. The number of aromatic nitrogens is 2. The van der Waals surface area contributed by atoms with E-state index in [4.69, 9.17) is 9.52 Å². The van der Waals surface area contributed by atoms with Gasteiger partial charge in [0.1, 0.15) is 0 Å². The van der Waals surface area contributed by atoms with Crippen molar-refractivity contribution in [2.75, 3.05) is 0 Å². The molecule has 0 aliphatic heterocycles. The highest BCUT2D eigenvalue weighted by atomic mass is 16.4. The van der Waals surface area contributed by atoms with Crippen LogP contribution in [-0.2, 0) is 11.3 Å². The fraction of sp³-hybridized carbons (Fsp3) is 0.625. The summed E-state index contributed by atoms with van der Waals surface area (Å²) in [5, 5.41) is 12.3. The van der Waals surface area contributed by atoms with Gasteiger partial charge in [-0.15, -0.1) is 5.10 Å². The number of nitrogens with zero attached hydrogens (tertiary/aromatic N) is 2. The largest absolute Gasteiger partial charge is 0.481 e. The Hall–Kier alpha value is -1.59. The van der Waals surface area contributed by atoms with E-state index in [2.05, 4.69) is 5.10 Å². The molecule has 0 radical (unpaired) electrons. The predicted molar refractivity (Wildman–Crippen MR) is 47.1 cm³/mol. The lowest BCUT2D eigenvalue weighted by Gasteiger charge is -1.94. The molecule has 0 bridgehead atoms. The van der Waals surface area contributed by atoms with Gasteiger partial charge in [0.25, 0.3) is 0 Å². The minimum atomic E-state index is -0.967. The van der Waals surface area contributed by atoms with Crippen LogP contribution in [0.3, 0.4) is 0 Å². The van der Waals surface area contributed by atoms with E-state index < -0.39 is 11.7 Å². The highest BCUT2D eigenvalue weighted by Crippen LogP contribution is 2.07. The molecule has 6 heteroatoms. The van der Waals surface area contributed by atoms with Crippen molar-refractivity contribution in [3.8, 4) is 0 Å². The van der Waals surface area contributed by atoms with Crippen molar-refractivity contribution in [1.29, 1.82) is 0 Å². The monoisotopic (exact) mass is 200 g/mol. The number of aliphatic carboxylic acids is 1. The van der Waals surface area contributed by atoms with Crippen LogP contribution >= 0.6 is 0 Å². The standard InChI is InChI=1S/C8H12N2O4/c1-5(2)7-9-10(8(13)14-7)4-3-6(11)12/h5H,3-4H2,1-2H3,(H,11,12). The zero-order valence-corrected chi connectivity index (χ0v) is 8.06. The predicted octanol–water partition coefficient (Wildman–Crippen LogP) is 0.434. The van der Waals surface area contributed by atoms with Gasteiger partial charge in [-0.3, -0.25) is 4.79 Å². The first-order valence-electron chi connectivity index (χ1n) is 4.30. The number of aryl methyl sites for hydroxylation is 1. The van der Waals surface area contributed by atoms with Gasteiger partial charge in [0.05, 0.1) is 13.0 Å². The molecule has 0 amide bonds. The molecule has 1 heterocycles. The summed E-state index contributed by atoms with van der Waals surface area (Å²) in [4.78, 5) is 21.3. The van der Waals surface area contributed by atoms with Crippen molar-refractivity contribution in [3.05, 3.63) is 16.4 Å². The van der Waals surface area contributed by atoms with E-state index in [-0.39, 0.29) is 18.9 Å². The molecule has 1 N–H and O–H groups in total. The van der Waals surface area contributed by atoms with Crippen LogP contribution < -0.4 is 5.76 Å². The summed E-state index contributed by atoms with van der Waals surface area (Å²) in [6, 6.07) is 0. The van der Waals surface area contributed by atoms with E-state index in [1.807, 2.05) is 13.8 Å². The lowest BCUT2D eigenvalue weighted by molar-refractivity contribution is -0.137. The van der Waals surface area contributed by atoms with Crippen LogP contribution in [0.25, 0.3) is 0 Å². The van der Waals surface area contributed by atoms with E-state index in [1.165, 1.54) is 0 Å². The first-order chi connectivity index (χ1) is 6.50. The smallest absolute Gasteiger partial charge is 0.437 e. The van der Waals surface area contributed by atoms with Crippen molar-refractivity contribution >= 4 is 5.97 Å². The Balaban J connectivity index is 2.78. The van der Waals surface area contributed by atoms with Crippen molar-refractivity contribution < 1.29 is 14.3 Å². The van der Waals surface area contributed by atoms with Gasteiger partial charge in [0.15, 0.2) is 0 Å². The second kappa shape index (κ2) is 4.08. The van der Waals surface area contributed by atoms with Gasteiger partial charge in [-0.1, -0.05) is 13.8 Å². The summed E-state index contributed by atoms with van der Waals surface area (Å²) < 4.78 is 5.84. The molecule has 78 valence electrons. The van der Waals surface area contributed by atoms with Gasteiger partial charge in [0, 0.05) is 5.92 Å². The molecule has 0 unspecified atom stereocenters. The van der Waals surface area contributed by atoms with Crippen molar-refractivity contribution in [1.82, 2.24) is 9.78 Å². The van der Waals surface area contributed by atoms with E-state index in [1.54, 1.807) is 0 Å². The average molecular weight is 200 g/mol. The Morgan fingerprint density at radius 1 is 1.64 bits per heavy atom. The number of carbonyl (C=O) groups is 1. The summed E-state index contributed by atoms with van der Waals surface area (Å²) >= 11 is 0. The Morgan fingerprint density at radius 3 is 2.71 bits per heavy atom. The van der Waals surface area contributed by atoms with Crippen molar-refractivity contribution in [2.45, 2.75) is 32.7 Å². The van der Waals surface area contributed by atoms with Crippen LogP contribution in [0.5, 0.6) is 0 Å². The normalized spacial score (nSPS) is 10.8. The lowest BCUT2D eigenvalue weighted by Crippen LogP contribution is -2.17. The maximum Gasteiger partial charge on any atom is 0.437 e. The molecular formula is C8H12N2O4. The van der Waals surface area contributed by atoms with Gasteiger partial charge >= 0.3 is 11.7 Å². The summed E-state index contributed by atoms with van der Waals surface area (Å²) in [6.45, 7) is 3.73. The minimum absolute atomic E-state index is 0.0220. The SMILES string of the molecule is CC(C)c1nn(CCC(=O)O)c(=O)o1. The number of hydrogen-bond donors (Lipinski definition) is 1. The first-order valence-corrected chi connectivity index (χ1v) is 4.30. The van der Waals surface area contributed by atoms with Crippen LogP contribution in [0.15, 0.2) is 9.21 Å². The quantitative estimate of drug-likeness (QED) is 0.761. The maximum atomic E-state index is 11.1. The summed E-state index contributed by atoms with van der Waals surface area (Å²) in [5.41, 5.74) is 0. The molecule has 1 aromatic rings. The molecule has 0 atom stereocenters. The number of carboxylic acids is 1. The second-order valence-electron chi connectivity index (χ2n) is 3.23. The summed E-state index contributed by atoms with van der Waals surface area (Å²) in [7, 11) is 0. The number of carboxylic acid groups (broad SMARTS) is 1. The van der Waals surface area contributed by atoms with Crippen LogP contribution in [0.4, 0.5) is 0 Å². The van der Waals surface area contributed by atoms with Crippen molar-refractivity contribution in [3.63, 3.8) is 0 Å². The molecular weight excluding hydrogens is 188 g/mol. The van der Waals surface area contributed by atoms with Crippen LogP contribution in [0.1, 0.15) is 32.1 Å². The van der Waals surface area contributed by atoms with Gasteiger partial charge in [-0.05, 0) is 0 Å². The van der Waals surface area contributed by atoms with Crippen molar-refractivity contribution in [2.24, 2.45) is 0 Å². The van der Waals surface area contributed by atoms with Crippen LogP contribution in [-0.4, -0.2) is 20.9 Å². The molecule has 0 saturated carbocycles. The zero-order valence-electron chi connectivity index (χ0n) is 8.06. The third-order valence-corrected chi connectivity index (χ3v) is 1.65. The van der Waals surface area contributed by atoms with Gasteiger partial charge in [0.2, 0.25) is 5.89 Å². The fourth-order valence-corrected chi connectivity index (χ4v) is 0.899. The highest BCUT2D eigenvalue weighted by Gasteiger charge is 2.11. The Bertz CT molecular complexity index is 377. The topological polar surface area (TPSA) is 85.3 Å². The van der Waals surface area contributed by atoms with Crippen LogP contribution in [0.2, 0.25) is 0 Å². The zero-order chi connectivity index (χ0) is 10.7. The lowest BCUT2D eigenvalue weighted by atomic mass is 10.2. The molecule has 0 aliphatic carbocycles. The molecule has 0 aromatic carbocycles. The molecule has 14 heavy (non-hydrogen) atoms. The molecule has 0 aliphatic rings. The van der Waals surface area contributed by atoms with E-state index in [9.17, 15) is 9.59 Å². The molecule has 0 spiro atoms. The molecule has 1 rings (SSSR count). The van der Waals surface area contributed by atoms with E-state index in [0.717, 1.165) is 4.68 Å². The Morgan fingerprint density at radius 2 is 2.29 bits per heavy atom. The minimum Gasteiger partial charge on any atom is -0.481 e. The fourth-order valence-electron chi connectivity index (χ4n) is 0.899. The molecule has 0 fully saturated rings. The van der Waals surface area contributed by atoms with Crippen LogP contribution in [0, 0.1) is 0 Å². The molecule has 6 nitrogen and oxygen atoms in total. The number of rotatable bonds is 4. The summed E-state index contributed by atoms with van der Waals surface area (Å²) in [5.74, 6) is -1.21. The van der Waals surface area contributed by atoms with Gasteiger partial charge in [-0.2, -0.15) is 4.68 Å². The third-order valence-electron chi connectivity index (χ3n) is 1.65. The molecule has 0 saturated heterocycles. The van der Waals surface area contributed by atoms with E-state index in [0.29, 0.717) is 5.89 Å². The van der Waals surface area contributed by atoms with Gasteiger partial charge < -0.3 is 9.52 Å². The Kier molecular flexibility index (Phi) is 3.06.